The minimum atomic E-state index is -0.245. The number of likely N-dealkylation sites (N-methyl/N-ethyl adjacent to an activating group) is 1. The largest absolute Gasteiger partial charge is 0.494 e. The smallest absolute Gasteiger partial charge is 0.321 e. The predicted molar refractivity (Wildman–Crippen MR) is 84.7 cm³/mol. The maximum atomic E-state index is 11.9. The summed E-state index contributed by atoms with van der Waals surface area (Å²) in [6, 6.07) is 6.82. The number of ether oxygens (including phenoxy) is 1. The fraction of sp³-hybridized carbons (Fsp3) is 0.562. The summed E-state index contributed by atoms with van der Waals surface area (Å²) >= 11 is 0. The van der Waals surface area contributed by atoms with Crippen molar-refractivity contribution in [1.29, 1.82) is 0 Å². The first-order valence-corrected chi connectivity index (χ1v) is 7.31. The number of amides is 2. The molecule has 5 heteroatoms. The lowest BCUT2D eigenvalue weighted by atomic mass is 10.1. The minimum Gasteiger partial charge on any atom is -0.494 e. The van der Waals surface area contributed by atoms with Gasteiger partial charge in [0.25, 0.3) is 0 Å². The van der Waals surface area contributed by atoms with Crippen molar-refractivity contribution in [2.24, 2.45) is 5.92 Å². The Balaban J connectivity index is 2.49. The van der Waals surface area contributed by atoms with E-state index in [1.807, 2.05) is 12.1 Å². The van der Waals surface area contributed by atoms with E-state index in [1.54, 1.807) is 26.1 Å². The second kappa shape index (κ2) is 8.52. The van der Waals surface area contributed by atoms with Crippen molar-refractivity contribution < 1.29 is 14.6 Å². The van der Waals surface area contributed by atoms with E-state index in [9.17, 15) is 4.79 Å². The van der Waals surface area contributed by atoms with E-state index in [2.05, 4.69) is 19.2 Å². The maximum absolute atomic E-state index is 11.9. The maximum Gasteiger partial charge on any atom is 0.321 e. The summed E-state index contributed by atoms with van der Waals surface area (Å²) in [7, 11) is 1.65. The summed E-state index contributed by atoms with van der Waals surface area (Å²) in [5.74, 6) is 1.42. The number of urea groups is 1. The number of anilines is 1. The van der Waals surface area contributed by atoms with Gasteiger partial charge in [0.15, 0.2) is 0 Å². The average Bonchev–Trinajstić information content (AvgIpc) is 2.47. The lowest BCUT2D eigenvalue weighted by Gasteiger charge is -2.23. The summed E-state index contributed by atoms with van der Waals surface area (Å²) in [4.78, 5) is 13.4. The molecule has 0 aliphatic heterocycles. The first-order valence-electron chi connectivity index (χ1n) is 7.31. The zero-order valence-corrected chi connectivity index (χ0v) is 13.3. The summed E-state index contributed by atoms with van der Waals surface area (Å²) in [5.41, 5.74) is 0.702. The molecule has 1 unspecified atom stereocenters. The van der Waals surface area contributed by atoms with Crippen LogP contribution < -0.4 is 10.1 Å². The number of aliphatic hydroxyl groups excluding tert-OH is 1. The summed E-state index contributed by atoms with van der Waals surface area (Å²) in [6.07, 6.45) is 1.02. The Morgan fingerprint density at radius 3 is 2.43 bits per heavy atom. The van der Waals surface area contributed by atoms with E-state index in [4.69, 9.17) is 9.84 Å². The number of nitrogens with zero attached hydrogens (tertiary/aromatic N) is 1. The van der Waals surface area contributed by atoms with Gasteiger partial charge in [0.2, 0.25) is 0 Å². The van der Waals surface area contributed by atoms with Crippen LogP contribution in [0.4, 0.5) is 10.5 Å². The van der Waals surface area contributed by atoms with Crippen LogP contribution in [0.1, 0.15) is 27.2 Å². The molecule has 0 saturated carbocycles. The van der Waals surface area contributed by atoms with Crippen molar-refractivity contribution in [3.05, 3.63) is 24.3 Å². The molecular weight excluding hydrogens is 268 g/mol. The van der Waals surface area contributed by atoms with Crippen molar-refractivity contribution in [1.82, 2.24) is 4.90 Å². The number of rotatable bonds is 7. The molecule has 1 atom stereocenters. The lowest BCUT2D eigenvalue weighted by Crippen LogP contribution is -2.40. The first-order chi connectivity index (χ1) is 9.93. The molecule has 5 nitrogen and oxygen atoms in total. The molecule has 0 radical (unpaired) electrons. The van der Waals surface area contributed by atoms with Crippen molar-refractivity contribution in [3.8, 4) is 5.75 Å². The van der Waals surface area contributed by atoms with Gasteiger partial charge in [-0.2, -0.15) is 0 Å². The monoisotopic (exact) mass is 294 g/mol. The van der Waals surface area contributed by atoms with Crippen molar-refractivity contribution in [2.75, 3.05) is 25.6 Å². The molecule has 0 saturated heterocycles. The van der Waals surface area contributed by atoms with Crippen LogP contribution in [0.5, 0.6) is 5.75 Å². The molecule has 2 amide bonds. The van der Waals surface area contributed by atoms with Crippen LogP contribution in [-0.4, -0.2) is 42.3 Å². The van der Waals surface area contributed by atoms with Crippen LogP contribution >= 0.6 is 0 Å². The SMILES string of the molecule is CC(C)CCOc1ccc(NC(=O)N(C)C(C)CO)cc1. The third-order valence-corrected chi connectivity index (χ3v) is 3.32. The zero-order valence-electron chi connectivity index (χ0n) is 13.3. The molecule has 1 aromatic rings. The molecule has 118 valence electrons. The van der Waals surface area contributed by atoms with Gasteiger partial charge in [0.1, 0.15) is 5.75 Å². The number of carbonyl (C=O) groups is 1. The van der Waals surface area contributed by atoms with E-state index in [-0.39, 0.29) is 18.7 Å². The second-order valence-corrected chi connectivity index (χ2v) is 5.63. The van der Waals surface area contributed by atoms with Crippen LogP contribution in [0.3, 0.4) is 0 Å². The summed E-state index contributed by atoms with van der Waals surface area (Å²) < 4.78 is 5.62. The highest BCUT2D eigenvalue weighted by Crippen LogP contribution is 2.17. The van der Waals surface area contributed by atoms with Gasteiger partial charge in [-0.3, -0.25) is 0 Å². The number of benzene rings is 1. The summed E-state index contributed by atoms with van der Waals surface area (Å²) in [5, 5.41) is 11.8. The fourth-order valence-corrected chi connectivity index (χ4v) is 1.58. The van der Waals surface area contributed by atoms with Crippen LogP contribution in [0.25, 0.3) is 0 Å². The predicted octanol–water partition coefficient (Wildman–Crippen LogP) is 2.96. The molecule has 1 aromatic carbocycles. The van der Waals surface area contributed by atoms with Crippen molar-refractivity contribution in [2.45, 2.75) is 33.2 Å². The van der Waals surface area contributed by atoms with Gasteiger partial charge in [-0.15, -0.1) is 0 Å². The van der Waals surface area contributed by atoms with Crippen molar-refractivity contribution in [3.63, 3.8) is 0 Å². The van der Waals surface area contributed by atoms with E-state index >= 15 is 0 Å². The molecule has 0 heterocycles. The van der Waals surface area contributed by atoms with Gasteiger partial charge in [0, 0.05) is 12.7 Å². The molecule has 21 heavy (non-hydrogen) atoms. The topological polar surface area (TPSA) is 61.8 Å². The molecule has 0 aromatic heterocycles. The average molecular weight is 294 g/mol. The summed E-state index contributed by atoms with van der Waals surface area (Å²) in [6.45, 7) is 6.73. The van der Waals surface area contributed by atoms with Gasteiger partial charge in [-0.1, -0.05) is 13.8 Å². The quantitative estimate of drug-likeness (QED) is 0.812. The Morgan fingerprint density at radius 2 is 1.90 bits per heavy atom. The molecule has 0 aliphatic carbocycles. The highest BCUT2D eigenvalue weighted by Gasteiger charge is 2.14. The number of aliphatic hydroxyl groups is 1. The molecule has 0 aliphatic rings. The Morgan fingerprint density at radius 1 is 1.29 bits per heavy atom. The van der Waals surface area contributed by atoms with E-state index < -0.39 is 0 Å². The Bertz CT molecular complexity index is 432. The highest BCUT2D eigenvalue weighted by molar-refractivity contribution is 5.89. The number of nitrogens with one attached hydrogen (secondary N) is 1. The van der Waals surface area contributed by atoms with E-state index in [0.717, 1.165) is 12.2 Å². The number of carbonyl (C=O) groups excluding carboxylic acids is 1. The Kier molecular flexibility index (Phi) is 7.02. The number of hydrogen-bond acceptors (Lipinski definition) is 3. The fourth-order valence-electron chi connectivity index (χ4n) is 1.58. The van der Waals surface area contributed by atoms with Crippen LogP contribution in [0.2, 0.25) is 0 Å². The Labute approximate surface area is 126 Å². The normalized spacial score (nSPS) is 12.1. The molecule has 0 spiro atoms. The van der Waals surface area contributed by atoms with Crippen LogP contribution in [-0.2, 0) is 0 Å². The minimum absolute atomic E-state index is 0.0629. The standard InChI is InChI=1S/C16H26N2O3/c1-12(2)9-10-21-15-7-5-14(6-8-15)17-16(20)18(4)13(3)11-19/h5-8,12-13,19H,9-11H2,1-4H3,(H,17,20). The molecule has 0 fully saturated rings. The Hall–Kier alpha value is -1.75. The molecule has 0 bridgehead atoms. The van der Waals surface area contributed by atoms with Crippen molar-refractivity contribution >= 4 is 11.7 Å². The first kappa shape index (κ1) is 17.3. The third-order valence-electron chi connectivity index (χ3n) is 3.32. The lowest BCUT2D eigenvalue weighted by molar-refractivity contribution is 0.166. The van der Waals surface area contributed by atoms with Gasteiger partial charge < -0.3 is 20.1 Å². The van der Waals surface area contributed by atoms with E-state index in [1.165, 1.54) is 4.90 Å². The zero-order chi connectivity index (χ0) is 15.8. The third kappa shape index (κ3) is 6.04. The number of hydrogen-bond donors (Lipinski definition) is 2. The van der Waals surface area contributed by atoms with Gasteiger partial charge in [0.05, 0.1) is 19.3 Å². The van der Waals surface area contributed by atoms with E-state index in [0.29, 0.717) is 18.2 Å². The highest BCUT2D eigenvalue weighted by atomic mass is 16.5. The molecular formula is C16H26N2O3. The van der Waals surface area contributed by atoms with Gasteiger partial charge in [-0.05, 0) is 43.5 Å². The van der Waals surface area contributed by atoms with Gasteiger partial charge in [-0.25, -0.2) is 4.79 Å². The molecule has 1 rings (SSSR count). The van der Waals surface area contributed by atoms with Gasteiger partial charge >= 0.3 is 6.03 Å². The molecule has 2 N–H and O–H groups in total. The second-order valence-electron chi connectivity index (χ2n) is 5.63. The van der Waals surface area contributed by atoms with Crippen LogP contribution in [0, 0.1) is 5.92 Å². The van der Waals surface area contributed by atoms with Crippen LogP contribution in [0.15, 0.2) is 24.3 Å².